The maximum absolute atomic E-state index is 7.85. The topological polar surface area (TPSA) is 97.5 Å². The number of hydrogen-bond donors (Lipinski definition) is 0. The molecule has 0 fully saturated rings. The maximum Gasteiger partial charge on any atom is 0.330 e. The highest BCUT2D eigenvalue weighted by molar-refractivity contribution is 7.96. The molecule has 8 heteroatoms. The number of azide groups is 1. The van der Waals surface area contributed by atoms with E-state index in [2.05, 4.69) is 19.6 Å². The quantitative estimate of drug-likeness (QED) is 0.260. The van der Waals surface area contributed by atoms with Gasteiger partial charge in [0.15, 0.2) is 0 Å². The van der Waals surface area contributed by atoms with Gasteiger partial charge in [0.25, 0.3) is 0 Å². The molecular weight excluding hydrogens is 162 g/mol. The van der Waals surface area contributed by atoms with E-state index in [4.69, 9.17) is 22.3 Å². The van der Waals surface area contributed by atoms with Crippen LogP contribution in [-0.4, -0.2) is 6.66 Å². The van der Waals surface area contributed by atoms with Gasteiger partial charge in [-0.25, -0.2) is 0 Å². The zero-order valence-corrected chi connectivity index (χ0v) is 6.16. The number of nitrogens with zero attached hydrogens (tertiary/aromatic N) is 6. The lowest BCUT2D eigenvalue weighted by Crippen LogP contribution is -1.62. The summed E-state index contributed by atoms with van der Waals surface area (Å²) in [6.45, 7) is -1.16. The molecule has 0 radical (unpaired) electrons. The predicted octanol–water partition coefficient (Wildman–Crippen LogP) is 3.24. The summed E-state index contributed by atoms with van der Waals surface area (Å²) in [5.74, 6) is 0. The van der Waals surface area contributed by atoms with Crippen LogP contribution in [0.25, 0.3) is 20.9 Å². The van der Waals surface area contributed by atoms with E-state index in [9.17, 15) is 0 Å². The van der Waals surface area contributed by atoms with E-state index in [1.807, 2.05) is 0 Å². The van der Waals surface area contributed by atoms with Crippen LogP contribution in [-0.2, 0) is 0 Å². The minimum atomic E-state index is -2.55. The van der Waals surface area contributed by atoms with E-state index >= 15 is 0 Å². The van der Waals surface area contributed by atoms with Gasteiger partial charge in [0.1, 0.15) is 11.2 Å². The zero-order chi connectivity index (χ0) is 7.33. The molecule has 0 bridgehead atoms. The highest BCUT2D eigenvalue weighted by Crippen LogP contribution is 2.63. The second kappa shape index (κ2) is 3.38. The lowest BCUT2D eigenvalue weighted by atomic mass is 12.0. The molecule has 9 heavy (non-hydrogen) atoms. The first-order chi connectivity index (χ1) is 4.12. The van der Waals surface area contributed by atoms with Crippen LogP contribution in [0.1, 0.15) is 0 Å². The molecule has 0 saturated carbocycles. The molecule has 0 aromatic heterocycles. The van der Waals surface area contributed by atoms with Gasteiger partial charge in [0.2, 0.25) is 0 Å². The van der Waals surface area contributed by atoms with Crippen molar-refractivity contribution in [2.24, 2.45) is 9.77 Å². The summed E-state index contributed by atoms with van der Waals surface area (Å²) >= 11 is 5.41. The van der Waals surface area contributed by atoms with Gasteiger partial charge < -0.3 is 0 Å². The van der Waals surface area contributed by atoms with Crippen molar-refractivity contribution in [3.05, 3.63) is 20.9 Å². The van der Waals surface area contributed by atoms with Crippen molar-refractivity contribution in [1.29, 1.82) is 0 Å². The molecule has 0 aliphatic heterocycles. The second-order valence-electron chi connectivity index (χ2n) is 1.17. The molecule has 0 heterocycles. The third-order valence-corrected chi connectivity index (χ3v) is 1.63. The molecule has 0 aromatic rings. The van der Waals surface area contributed by atoms with Crippen LogP contribution in [0.2, 0.25) is 0 Å². The Balaban J connectivity index is 4.36. The van der Waals surface area contributed by atoms with Gasteiger partial charge in [0.05, 0.1) is 16.4 Å². The first-order valence-electron chi connectivity index (χ1n) is 1.82. The van der Waals surface area contributed by atoms with Gasteiger partial charge in [-0.1, -0.05) is 0 Å². The molecule has 0 aliphatic carbocycles. The van der Waals surface area contributed by atoms with Crippen molar-refractivity contribution in [3.8, 4) is 0 Å². The SMILES string of the molecule is C[P+](Cl)(N=[N+]=[N-])N=[N+]=[N-]. The summed E-state index contributed by atoms with van der Waals surface area (Å²) in [6.07, 6.45) is 0. The Labute approximate surface area is 56.3 Å². The summed E-state index contributed by atoms with van der Waals surface area (Å²) in [5, 5.41) is 0. The minimum absolute atomic E-state index is 1.40. The van der Waals surface area contributed by atoms with Crippen molar-refractivity contribution in [2.45, 2.75) is 0 Å². The molecule has 0 saturated heterocycles. The van der Waals surface area contributed by atoms with Crippen molar-refractivity contribution >= 4 is 18.2 Å². The van der Waals surface area contributed by atoms with Gasteiger partial charge in [-0.15, -0.1) is 0 Å². The Morgan fingerprint density at radius 2 is 1.67 bits per heavy atom. The van der Waals surface area contributed by atoms with E-state index < -0.39 is 6.92 Å². The average Bonchev–Trinajstić information content (AvgIpc) is 1.64. The van der Waals surface area contributed by atoms with E-state index in [-0.39, 0.29) is 0 Å². The van der Waals surface area contributed by atoms with Crippen molar-refractivity contribution in [1.82, 2.24) is 0 Å². The molecule has 0 amide bonds. The van der Waals surface area contributed by atoms with Crippen LogP contribution in [0, 0.1) is 0 Å². The van der Waals surface area contributed by atoms with Gasteiger partial charge >= 0.3 is 6.92 Å². The van der Waals surface area contributed by atoms with Crippen molar-refractivity contribution in [2.75, 3.05) is 6.66 Å². The number of halogens is 1. The standard InChI is InChI=1S/CH3ClN6P/c1-9(2,7-5-3)8-6-4/h1H3/q+1. The fraction of sp³-hybridized carbons (Fsp3) is 1.00. The first-order valence-corrected chi connectivity index (χ1v) is 4.86. The van der Waals surface area contributed by atoms with E-state index in [0.29, 0.717) is 0 Å². The highest BCUT2D eigenvalue weighted by atomic mass is 35.7. The molecule has 0 aromatic carbocycles. The van der Waals surface area contributed by atoms with Gasteiger partial charge in [-0.2, -0.15) is 0 Å². The second-order valence-corrected chi connectivity index (χ2v) is 5.07. The average molecular weight is 166 g/mol. The molecule has 0 N–H and O–H groups in total. The lowest BCUT2D eigenvalue weighted by Gasteiger charge is -1.88. The van der Waals surface area contributed by atoms with E-state index in [0.717, 1.165) is 0 Å². The highest BCUT2D eigenvalue weighted by Gasteiger charge is 2.28. The Bertz CT molecular complexity index is 165. The fourth-order valence-corrected chi connectivity index (χ4v) is 0.673. The molecule has 0 rings (SSSR count). The molecule has 0 spiro atoms. The molecule has 0 aliphatic rings. The Morgan fingerprint density at radius 1 is 1.33 bits per heavy atom. The first kappa shape index (κ1) is 8.34. The molecule has 48 valence electrons. The Kier molecular flexibility index (Phi) is 3.13. The minimum Gasteiger partial charge on any atom is -0.000280 e. The normalized spacial score (nSPS) is 14.4. The zero-order valence-electron chi connectivity index (χ0n) is 4.51. The van der Waals surface area contributed by atoms with Crippen LogP contribution in [0.5, 0.6) is 0 Å². The van der Waals surface area contributed by atoms with Crippen LogP contribution < -0.4 is 0 Å². The fourth-order valence-electron chi connectivity index (χ4n) is 0.164. The van der Waals surface area contributed by atoms with Gasteiger partial charge in [0, 0.05) is 9.82 Å². The van der Waals surface area contributed by atoms with Gasteiger partial charge in [-0.3, -0.25) is 0 Å². The smallest absolute Gasteiger partial charge is 0.000280 e. The third-order valence-electron chi connectivity index (χ3n) is 0.406. The van der Waals surface area contributed by atoms with Crippen LogP contribution in [0.4, 0.5) is 0 Å². The number of rotatable bonds is 2. The monoisotopic (exact) mass is 165 g/mol. The van der Waals surface area contributed by atoms with Crippen LogP contribution in [0.15, 0.2) is 9.77 Å². The lowest BCUT2D eigenvalue weighted by molar-refractivity contribution is 1.61. The molecule has 0 unspecified atom stereocenters. The Morgan fingerprint density at radius 3 is 1.89 bits per heavy atom. The van der Waals surface area contributed by atoms with E-state index in [1.54, 1.807) is 0 Å². The summed E-state index contributed by atoms with van der Waals surface area (Å²) in [7, 11) is 0. The van der Waals surface area contributed by atoms with Crippen molar-refractivity contribution < 1.29 is 0 Å². The summed E-state index contributed by atoms with van der Waals surface area (Å²) < 4.78 is 0. The van der Waals surface area contributed by atoms with Crippen LogP contribution >= 0.6 is 18.2 Å². The summed E-state index contributed by atoms with van der Waals surface area (Å²) in [6, 6.07) is 0. The molecule has 0 atom stereocenters. The summed E-state index contributed by atoms with van der Waals surface area (Å²) in [4.78, 5) is 11.0. The summed E-state index contributed by atoms with van der Waals surface area (Å²) in [5.41, 5.74) is 15.7. The van der Waals surface area contributed by atoms with Crippen molar-refractivity contribution in [3.63, 3.8) is 0 Å². The predicted molar refractivity (Wildman–Crippen MR) is 37.0 cm³/mol. The number of hydrogen-bond acceptors (Lipinski definition) is 2. The van der Waals surface area contributed by atoms with Gasteiger partial charge in [-0.05, 0) is 11.1 Å². The van der Waals surface area contributed by atoms with E-state index in [1.165, 1.54) is 6.66 Å². The molecular formula is CH3ClN6P+. The third kappa shape index (κ3) is 3.88. The van der Waals surface area contributed by atoms with Crippen LogP contribution in [0.3, 0.4) is 0 Å². The maximum atomic E-state index is 7.85. The Hall–Kier alpha value is -0.660. The largest absolute Gasteiger partial charge is 0.330 e. The molecule has 6 nitrogen and oxygen atoms in total.